The lowest BCUT2D eigenvalue weighted by molar-refractivity contribution is -0.126. The summed E-state index contributed by atoms with van der Waals surface area (Å²) in [5, 5.41) is 2.68. The Hall–Kier alpha value is -1.17. The molecule has 0 radical (unpaired) electrons. The van der Waals surface area contributed by atoms with Crippen LogP contribution in [-0.2, 0) is 9.53 Å². The molecular weight excluding hydrogens is 259 g/mol. The summed E-state index contributed by atoms with van der Waals surface area (Å²) in [6.07, 6.45) is 1.000. The zero-order valence-electron chi connectivity index (χ0n) is 9.77. The lowest BCUT2D eigenvalue weighted by atomic mass is 10.2. The van der Waals surface area contributed by atoms with Gasteiger partial charge in [0.25, 0.3) is 5.91 Å². The van der Waals surface area contributed by atoms with Crippen LogP contribution in [-0.4, -0.2) is 24.7 Å². The Bertz CT molecular complexity index is 400. The van der Waals surface area contributed by atoms with Crippen LogP contribution in [0, 0.1) is 5.82 Å². The van der Waals surface area contributed by atoms with E-state index in [0.29, 0.717) is 18.7 Å². The first kappa shape index (κ1) is 14.9. The summed E-state index contributed by atoms with van der Waals surface area (Å²) in [7, 11) is 0. The number of ether oxygens (including phenoxy) is 1. The number of nitrogens with two attached hydrogens (primary N) is 1. The van der Waals surface area contributed by atoms with Crippen LogP contribution < -0.4 is 11.1 Å². The summed E-state index contributed by atoms with van der Waals surface area (Å²) in [6, 6.07) is 5.63. The van der Waals surface area contributed by atoms with Crippen molar-refractivity contribution in [2.45, 2.75) is 25.0 Å². The number of benzene rings is 1. The number of hydrogen-bond donors (Lipinski definition) is 2. The third kappa shape index (κ3) is 3.66. The monoisotopic (exact) mass is 274 g/mol. The molecule has 0 aromatic heterocycles. The van der Waals surface area contributed by atoms with Gasteiger partial charge in [0.2, 0.25) is 0 Å². The van der Waals surface area contributed by atoms with Crippen molar-refractivity contribution in [3.8, 4) is 0 Å². The number of amides is 1. The van der Waals surface area contributed by atoms with Crippen molar-refractivity contribution in [2.24, 2.45) is 5.73 Å². The summed E-state index contributed by atoms with van der Waals surface area (Å²) in [5.41, 5.74) is 6.03. The molecule has 1 amide bonds. The molecule has 1 saturated heterocycles. The number of rotatable bonds is 3. The van der Waals surface area contributed by atoms with Gasteiger partial charge in [0.1, 0.15) is 11.9 Å². The lowest BCUT2D eigenvalue weighted by Gasteiger charge is -2.12. The molecule has 6 heteroatoms. The second-order valence-electron chi connectivity index (χ2n) is 4.06. The summed E-state index contributed by atoms with van der Waals surface area (Å²) in [5.74, 6) is -0.532. The minimum Gasteiger partial charge on any atom is -0.364 e. The van der Waals surface area contributed by atoms with Gasteiger partial charge in [-0.2, -0.15) is 0 Å². The van der Waals surface area contributed by atoms with Crippen LogP contribution in [0.3, 0.4) is 0 Å². The minimum atomic E-state index is -0.450. The Morgan fingerprint density at radius 1 is 1.39 bits per heavy atom. The molecule has 0 bridgehead atoms. The highest BCUT2D eigenvalue weighted by molar-refractivity contribution is 5.94. The van der Waals surface area contributed by atoms with Crippen molar-refractivity contribution < 1.29 is 13.9 Å². The molecule has 1 aliphatic heterocycles. The van der Waals surface area contributed by atoms with E-state index in [1.165, 1.54) is 24.3 Å². The Morgan fingerprint density at radius 3 is 2.61 bits per heavy atom. The minimum absolute atomic E-state index is 0. The van der Waals surface area contributed by atoms with Crippen LogP contribution in [0.4, 0.5) is 10.1 Å². The third-order valence-electron chi connectivity index (χ3n) is 2.77. The third-order valence-corrected chi connectivity index (χ3v) is 2.77. The van der Waals surface area contributed by atoms with Gasteiger partial charge in [0.15, 0.2) is 0 Å². The molecule has 1 heterocycles. The Morgan fingerprint density at radius 2 is 2.06 bits per heavy atom. The van der Waals surface area contributed by atoms with Crippen LogP contribution >= 0.6 is 12.4 Å². The molecule has 1 aromatic rings. The molecule has 1 aromatic carbocycles. The van der Waals surface area contributed by atoms with Crippen molar-refractivity contribution in [3.63, 3.8) is 0 Å². The molecule has 1 aliphatic rings. The molecule has 1 fully saturated rings. The summed E-state index contributed by atoms with van der Waals surface area (Å²) in [6.45, 7) is 0.431. The topological polar surface area (TPSA) is 64.4 Å². The van der Waals surface area contributed by atoms with Gasteiger partial charge >= 0.3 is 0 Å². The predicted octanol–water partition coefficient (Wildman–Crippen LogP) is 1.69. The smallest absolute Gasteiger partial charge is 0.253 e. The molecule has 0 aliphatic carbocycles. The second-order valence-corrected chi connectivity index (χ2v) is 4.06. The molecule has 100 valence electrons. The van der Waals surface area contributed by atoms with Gasteiger partial charge in [-0.05, 0) is 37.1 Å². The maximum absolute atomic E-state index is 12.7. The zero-order chi connectivity index (χ0) is 12.3. The van der Waals surface area contributed by atoms with Crippen LogP contribution in [0.25, 0.3) is 0 Å². The molecule has 0 unspecified atom stereocenters. The molecule has 4 nitrogen and oxygen atoms in total. The maximum atomic E-state index is 12.7. The summed E-state index contributed by atoms with van der Waals surface area (Å²) >= 11 is 0. The number of carbonyl (C=O) groups excluding carboxylic acids is 1. The van der Waals surface area contributed by atoms with E-state index >= 15 is 0 Å². The quantitative estimate of drug-likeness (QED) is 0.882. The van der Waals surface area contributed by atoms with E-state index in [2.05, 4.69) is 5.32 Å². The number of hydrogen-bond acceptors (Lipinski definition) is 3. The van der Waals surface area contributed by atoms with E-state index in [4.69, 9.17) is 10.5 Å². The van der Waals surface area contributed by atoms with Crippen LogP contribution in [0.5, 0.6) is 0 Å². The first-order chi connectivity index (χ1) is 8.19. The van der Waals surface area contributed by atoms with Crippen molar-refractivity contribution in [3.05, 3.63) is 30.1 Å². The Balaban J connectivity index is 0.00000162. The van der Waals surface area contributed by atoms with Crippen LogP contribution in [0.15, 0.2) is 24.3 Å². The molecule has 2 atom stereocenters. The van der Waals surface area contributed by atoms with E-state index in [1.54, 1.807) is 0 Å². The first-order valence-electron chi connectivity index (χ1n) is 5.61. The van der Waals surface area contributed by atoms with E-state index in [9.17, 15) is 9.18 Å². The highest BCUT2D eigenvalue weighted by Crippen LogP contribution is 2.20. The van der Waals surface area contributed by atoms with Gasteiger partial charge in [-0.3, -0.25) is 4.79 Å². The number of nitrogens with one attached hydrogen (secondary N) is 1. The average Bonchev–Trinajstić information content (AvgIpc) is 2.81. The molecular formula is C12H16ClFN2O2. The number of halogens is 2. The molecule has 3 N–H and O–H groups in total. The fourth-order valence-electron chi connectivity index (χ4n) is 1.83. The lowest BCUT2D eigenvalue weighted by Crippen LogP contribution is -2.29. The molecule has 0 spiro atoms. The standard InChI is InChI=1S/C12H15FN2O2.ClH/c13-8-1-3-9(4-2-8)15-12(16)11-6-5-10(7-14)17-11;/h1-4,10-11H,5-7,14H2,(H,15,16);1H/t10-,11+;/m1./s1. The van der Waals surface area contributed by atoms with Crippen molar-refractivity contribution >= 4 is 24.0 Å². The average molecular weight is 275 g/mol. The van der Waals surface area contributed by atoms with Gasteiger partial charge in [0.05, 0.1) is 6.10 Å². The van der Waals surface area contributed by atoms with Crippen molar-refractivity contribution in [1.82, 2.24) is 0 Å². The van der Waals surface area contributed by atoms with Gasteiger partial charge in [-0.25, -0.2) is 4.39 Å². The Labute approximate surface area is 111 Å². The van der Waals surface area contributed by atoms with Gasteiger partial charge in [-0.15, -0.1) is 12.4 Å². The van der Waals surface area contributed by atoms with Crippen molar-refractivity contribution in [1.29, 1.82) is 0 Å². The highest BCUT2D eigenvalue weighted by Gasteiger charge is 2.29. The van der Waals surface area contributed by atoms with E-state index in [1.807, 2.05) is 0 Å². The van der Waals surface area contributed by atoms with E-state index in [-0.39, 0.29) is 30.2 Å². The molecule has 18 heavy (non-hydrogen) atoms. The van der Waals surface area contributed by atoms with Crippen LogP contribution in [0.2, 0.25) is 0 Å². The number of anilines is 1. The summed E-state index contributed by atoms with van der Waals surface area (Å²) in [4.78, 5) is 11.8. The Kier molecular flexibility index (Phi) is 5.53. The predicted molar refractivity (Wildman–Crippen MR) is 69.2 cm³/mol. The van der Waals surface area contributed by atoms with Crippen LogP contribution in [0.1, 0.15) is 12.8 Å². The maximum Gasteiger partial charge on any atom is 0.253 e. The van der Waals surface area contributed by atoms with E-state index < -0.39 is 6.10 Å². The largest absolute Gasteiger partial charge is 0.364 e. The SMILES string of the molecule is Cl.NC[C@H]1CC[C@@H](C(=O)Nc2ccc(F)cc2)O1. The first-order valence-corrected chi connectivity index (χ1v) is 5.61. The fraction of sp³-hybridized carbons (Fsp3) is 0.417. The fourth-order valence-corrected chi connectivity index (χ4v) is 1.83. The van der Waals surface area contributed by atoms with E-state index in [0.717, 1.165) is 6.42 Å². The summed E-state index contributed by atoms with van der Waals surface area (Å²) < 4.78 is 18.1. The highest BCUT2D eigenvalue weighted by atomic mass is 35.5. The van der Waals surface area contributed by atoms with Gasteiger partial charge < -0.3 is 15.8 Å². The number of carbonyl (C=O) groups is 1. The zero-order valence-corrected chi connectivity index (χ0v) is 10.6. The van der Waals surface area contributed by atoms with Gasteiger partial charge in [0, 0.05) is 12.2 Å². The second kappa shape index (κ2) is 6.68. The normalized spacial score (nSPS) is 22.3. The van der Waals surface area contributed by atoms with Gasteiger partial charge in [-0.1, -0.05) is 0 Å². The molecule has 0 saturated carbocycles. The molecule has 2 rings (SSSR count). The van der Waals surface area contributed by atoms with Crippen molar-refractivity contribution in [2.75, 3.05) is 11.9 Å².